The van der Waals surface area contributed by atoms with Gasteiger partial charge in [0.05, 0.1) is 11.2 Å². The van der Waals surface area contributed by atoms with E-state index in [9.17, 15) is 23.8 Å². The zero-order valence-electron chi connectivity index (χ0n) is 19.7. The number of aliphatic carboxylic acids is 1. The van der Waals surface area contributed by atoms with Crippen molar-refractivity contribution in [3.8, 4) is 11.5 Å². The van der Waals surface area contributed by atoms with Crippen LogP contribution in [0.25, 0.3) is 0 Å². The Kier molecular flexibility index (Phi) is 10.3. The number of nitrogens with zero attached hydrogens (tertiary/aromatic N) is 1. The van der Waals surface area contributed by atoms with E-state index in [-0.39, 0.29) is 23.7 Å². The van der Waals surface area contributed by atoms with Crippen LogP contribution in [0.2, 0.25) is 10.0 Å². The lowest BCUT2D eigenvalue weighted by Crippen LogP contribution is -2.48. The van der Waals surface area contributed by atoms with Crippen LogP contribution in [0.5, 0.6) is 11.5 Å². The number of carboxylic acid groups (broad SMARTS) is 1. The first-order valence-electron chi connectivity index (χ1n) is 11.1. The summed E-state index contributed by atoms with van der Waals surface area (Å²) in [6.45, 7) is 1.55. The number of carbonyl (C=O) groups excluding carboxylic acids is 1. The zero-order valence-corrected chi connectivity index (χ0v) is 22.9. The topological polar surface area (TPSA) is 116 Å². The van der Waals surface area contributed by atoms with Crippen LogP contribution in [0, 0.1) is 0 Å². The van der Waals surface area contributed by atoms with E-state index in [0.29, 0.717) is 15.6 Å². The van der Waals surface area contributed by atoms with E-state index in [0.717, 1.165) is 4.90 Å². The van der Waals surface area contributed by atoms with Gasteiger partial charge in [-0.05, 0) is 55.0 Å². The Bertz CT molecular complexity index is 1190. The molecule has 0 spiro atoms. The summed E-state index contributed by atoms with van der Waals surface area (Å²) < 4.78 is 38.5. The molecule has 0 aliphatic heterocycles. The van der Waals surface area contributed by atoms with E-state index in [1.165, 1.54) is 48.5 Å². The molecule has 0 aromatic heterocycles. The molecule has 37 heavy (non-hydrogen) atoms. The van der Waals surface area contributed by atoms with Gasteiger partial charge in [0.1, 0.15) is 23.3 Å². The summed E-state index contributed by atoms with van der Waals surface area (Å²) in [6, 6.07) is 19.0. The lowest BCUT2D eigenvalue weighted by Gasteiger charge is -2.30. The quantitative estimate of drug-likeness (QED) is 0.194. The van der Waals surface area contributed by atoms with Crippen LogP contribution in [0.3, 0.4) is 0 Å². The molecule has 0 radical (unpaired) electrons. The van der Waals surface area contributed by atoms with Gasteiger partial charge < -0.3 is 18.7 Å². The molecular formula is C25H24Cl2NO7PS. The van der Waals surface area contributed by atoms with E-state index in [2.05, 4.69) is 0 Å². The molecule has 0 saturated carbocycles. The summed E-state index contributed by atoms with van der Waals surface area (Å²) >= 11 is 9.70. The minimum Gasteiger partial charge on any atom is -0.607 e. The van der Waals surface area contributed by atoms with Crippen LogP contribution >= 0.6 is 30.8 Å². The Morgan fingerprint density at radius 1 is 0.946 bits per heavy atom. The van der Waals surface area contributed by atoms with Crippen molar-refractivity contribution in [1.82, 2.24) is 4.90 Å². The number of hydrogen-bond acceptors (Lipinski definition) is 6. The maximum atomic E-state index is 14.1. The summed E-state index contributed by atoms with van der Waals surface area (Å²) in [5, 5.41) is 9.62. The minimum atomic E-state index is -4.31. The van der Waals surface area contributed by atoms with Gasteiger partial charge in [-0.25, -0.2) is 14.2 Å². The third-order valence-corrected chi connectivity index (χ3v) is 8.41. The van der Waals surface area contributed by atoms with Crippen molar-refractivity contribution in [3.05, 3.63) is 94.5 Å². The molecule has 8 nitrogen and oxygen atoms in total. The maximum Gasteiger partial charge on any atom is 0.450 e. The fourth-order valence-corrected chi connectivity index (χ4v) is 6.46. The third-order valence-electron chi connectivity index (χ3n) is 5.06. The van der Waals surface area contributed by atoms with Gasteiger partial charge in [-0.3, -0.25) is 4.90 Å². The molecule has 12 heteroatoms. The first-order chi connectivity index (χ1) is 17.6. The van der Waals surface area contributed by atoms with Gasteiger partial charge >= 0.3 is 18.8 Å². The highest BCUT2D eigenvalue weighted by atomic mass is 35.5. The molecule has 3 aromatic carbocycles. The number of rotatable bonds is 11. The van der Waals surface area contributed by atoms with E-state index in [1.807, 2.05) is 0 Å². The van der Waals surface area contributed by atoms with Crippen molar-refractivity contribution >= 4 is 53.2 Å². The van der Waals surface area contributed by atoms with E-state index in [1.54, 1.807) is 37.3 Å². The molecule has 2 unspecified atom stereocenters. The normalized spacial score (nSPS) is 12.9. The molecule has 1 N–H and O–H groups in total. The molecule has 2 atom stereocenters. The highest BCUT2D eigenvalue weighted by Crippen LogP contribution is 2.50. The summed E-state index contributed by atoms with van der Waals surface area (Å²) in [4.78, 5) is 26.1. The van der Waals surface area contributed by atoms with Crippen LogP contribution < -0.4 is 9.05 Å². The van der Waals surface area contributed by atoms with E-state index in [4.69, 9.17) is 32.2 Å². The van der Waals surface area contributed by atoms with Gasteiger partial charge in [-0.2, -0.15) is 0 Å². The van der Waals surface area contributed by atoms with Crippen molar-refractivity contribution in [2.45, 2.75) is 25.1 Å². The minimum absolute atomic E-state index is 0.0362. The molecule has 3 aromatic rings. The summed E-state index contributed by atoms with van der Waals surface area (Å²) in [7, 11) is -4.31. The predicted molar refractivity (Wildman–Crippen MR) is 144 cm³/mol. The fourth-order valence-electron chi connectivity index (χ4n) is 3.31. The molecule has 0 fully saturated rings. The molecule has 0 saturated heterocycles. The first-order valence-corrected chi connectivity index (χ1v) is 14.9. The average molecular weight is 584 g/mol. The summed E-state index contributed by atoms with van der Waals surface area (Å²) in [6.07, 6.45) is -0.812. The standard InChI is InChI=1S/C25H24Cl2NO7PS/c1-2-23(24(29)30)28(25(31)37(33)16-18-6-4-3-5-7-18)17-36(32,34-21-12-8-19(26)9-13-21)35-22-14-10-20(27)11-15-22/h3-15,23H,2,16-17H2,1H3,(H,29,30). The summed E-state index contributed by atoms with van der Waals surface area (Å²) in [5.74, 6) is -1.27. The summed E-state index contributed by atoms with van der Waals surface area (Å²) in [5.41, 5.74) is 0.621. The van der Waals surface area contributed by atoms with Gasteiger partial charge in [0.15, 0.2) is 6.29 Å². The number of amides is 1. The molecule has 0 bridgehead atoms. The Morgan fingerprint density at radius 2 is 1.43 bits per heavy atom. The number of carbonyl (C=O) groups is 2. The van der Waals surface area contributed by atoms with Crippen molar-refractivity contribution in [2.24, 2.45) is 0 Å². The SMILES string of the molecule is CCC(C(=O)O)N(CP(=O)(Oc1ccc(Cl)cc1)Oc1ccc(Cl)cc1)C(=O)[S+]([O-])Cc1ccccc1. The van der Waals surface area contributed by atoms with Gasteiger partial charge in [-0.15, -0.1) is 0 Å². The third kappa shape index (κ3) is 8.42. The van der Waals surface area contributed by atoms with Gasteiger partial charge in [0.25, 0.3) is 0 Å². The lowest BCUT2D eigenvalue weighted by atomic mass is 10.2. The van der Waals surface area contributed by atoms with Crippen LogP contribution in [-0.2, 0) is 26.3 Å². The smallest absolute Gasteiger partial charge is 0.450 e. The van der Waals surface area contributed by atoms with E-state index >= 15 is 0 Å². The molecule has 3 rings (SSSR count). The molecule has 0 aliphatic carbocycles. The Morgan fingerprint density at radius 3 is 1.86 bits per heavy atom. The van der Waals surface area contributed by atoms with Crippen molar-refractivity contribution in [2.75, 3.05) is 6.29 Å². The Labute approximate surface area is 227 Å². The molecule has 1 amide bonds. The Hall–Kier alpha value is -2.68. The number of halogens is 2. The van der Waals surface area contributed by atoms with Crippen LogP contribution in [-0.4, -0.2) is 38.1 Å². The molecular weight excluding hydrogens is 560 g/mol. The largest absolute Gasteiger partial charge is 0.607 e. The second-order valence-corrected chi connectivity index (χ2v) is 11.9. The monoisotopic (exact) mass is 583 g/mol. The lowest BCUT2D eigenvalue weighted by molar-refractivity contribution is -0.141. The Balaban J connectivity index is 1.96. The fraction of sp³-hybridized carbons (Fsp3) is 0.200. The highest BCUT2D eigenvalue weighted by Gasteiger charge is 2.43. The number of carboxylic acids is 1. The maximum absolute atomic E-state index is 14.1. The molecule has 0 aliphatic rings. The number of hydrogen-bond donors (Lipinski definition) is 1. The van der Waals surface area contributed by atoms with Crippen molar-refractivity contribution in [1.29, 1.82) is 0 Å². The van der Waals surface area contributed by atoms with E-state index < -0.39 is 42.3 Å². The first kappa shape index (κ1) is 28.9. The molecule has 196 valence electrons. The zero-order chi connectivity index (χ0) is 27.0. The molecule has 0 heterocycles. The van der Waals surface area contributed by atoms with Crippen molar-refractivity contribution in [3.63, 3.8) is 0 Å². The number of benzene rings is 3. The van der Waals surface area contributed by atoms with Crippen LogP contribution in [0.4, 0.5) is 4.79 Å². The average Bonchev–Trinajstić information content (AvgIpc) is 2.86. The van der Waals surface area contributed by atoms with Crippen LogP contribution in [0.15, 0.2) is 78.9 Å². The van der Waals surface area contributed by atoms with Crippen molar-refractivity contribution < 1.29 is 32.9 Å². The highest BCUT2D eigenvalue weighted by molar-refractivity contribution is 8.05. The van der Waals surface area contributed by atoms with Gasteiger partial charge in [0.2, 0.25) is 0 Å². The second-order valence-electron chi connectivity index (χ2n) is 7.82. The second kappa shape index (κ2) is 13.2. The van der Waals surface area contributed by atoms with Gasteiger partial charge in [0, 0.05) is 15.6 Å². The van der Waals surface area contributed by atoms with Gasteiger partial charge in [-0.1, -0.05) is 60.5 Å². The van der Waals surface area contributed by atoms with Crippen LogP contribution in [0.1, 0.15) is 18.9 Å². The predicted octanol–water partition coefficient (Wildman–Crippen LogP) is 6.84.